The molecule has 94 valence electrons. The summed E-state index contributed by atoms with van der Waals surface area (Å²) in [6.07, 6.45) is 1.93. The van der Waals surface area contributed by atoms with Crippen LogP contribution in [0.1, 0.15) is 24.4 Å². The number of amides is 2. The van der Waals surface area contributed by atoms with Crippen molar-refractivity contribution < 1.29 is 14.7 Å². The lowest BCUT2D eigenvalue weighted by Gasteiger charge is -2.33. The molecule has 0 bridgehead atoms. The van der Waals surface area contributed by atoms with Gasteiger partial charge < -0.3 is 15.3 Å². The van der Waals surface area contributed by atoms with Crippen LogP contribution in [0.5, 0.6) is 5.75 Å². The van der Waals surface area contributed by atoms with Gasteiger partial charge in [-0.15, -0.1) is 0 Å². The van der Waals surface area contributed by atoms with Crippen LogP contribution in [-0.2, 0) is 9.59 Å². The number of hydrogen-bond acceptors (Lipinski definition) is 3. The molecule has 3 rings (SSSR count). The highest BCUT2D eigenvalue weighted by molar-refractivity contribution is 5.96. The lowest BCUT2D eigenvalue weighted by Crippen LogP contribution is -2.54. The van der Waals surface area contributed by atoms with Crippen LogP contribution in [0.4, 0.5) is 0 Å². The summed E-state index contributed by atoms with van der Waals surface area (Å²) < 4.78 is 0. The van der Waals surface area contributed by atoms with Crippen LogP contribution in [0.2, 0.25) is 0 Å². The Labute approximate surface area is 104 Å². The van der Waals surface area contributed by atoms with Crippen molar-refractivity contribution in [3.8, 4) is 5.75 Å². The van der Waals surface area contributed by atoms with Crippen LogP contribution in [-0.4, -0.2) is 34.4 Å². The minimum Gasteiger partial charge on any atom is -0.508 e. The first kappa shape index (κ1) is 11.1. The molecule has 2 aliphatic rings. The molecule has 1 unspecified atom stereocenters. The van der Waals surface area contributed by atoms with Gasteiger partial charge in [-0.3, -0.25) is 9.59 Å². The number of phenolic OH excluding ortho intramolecular Hbond substituents is 1. The fourth-order valence-electron chi connectivity index (χ4n) is 2.30. The third-order valence-electron chi connectivity index (χ3n) is 3.38. The number of benzene rings is 1. The topological polar surface area (TPSA) is 69.6 Å². The number of para-hydroxylation sites is 1. The van der Waals surface area contributed by atoms with Crippen molar-refractivity contribution in [3.05, 3.63) is 29.8 Å². The van der Waals surface area contributed by atoms with Gasteiger partial charge in [-0.05, 0) is 18.9 Å². The average molecular weight is 246 g/mol. The highest BCUT2D eigenvalue weighted by atomic mass is 16.3. The monoisotopic (exact) mass is 246 g/mol. The first-order valence-electron chi connectivity index (χ1n) is 6.04. The SMILES string of the molecule is O=C1CN(C2CC2)C(=O)C(c2ccccc2O)N1. The molecule has 2 fully saturated rings. The van der Waals surface area contributed by atoms with Crippen LogP contribution in [0.25, 0.3) is 0 Å². The number of phenols is 1. The number of carbonyl (C=O) groups excluding carboxylic acids is 2. The van der Waals surface area contributed by atoms with Gasteiger partial charge in [0.15, 0.2) is 0 Å². The predicted octanol–water partition coefficient (Wildman–Crippen LogP) is 0.554. The van der Waals surface area contributed by atoms with E-state index in [1.165, 1.54) is 6.07 Å². The summed E-state index contributed by atoms with van der Waals surface area (Å²) in [4.78, 5) is 25.6. The Morgan fingerprint density at radius 1 is 1.22 bits per heavy atom. The van der Waals surface area contributed by atoms with E-state index in [1.54, 1.807) is 23.1 Å². The molecule has 1 aromatic rings. The highest BCUT2D eigenvalue weighted by Crippen LogP contribution is 2.33. The zero-order valence-corrected chi connectivity index (χ0v) is 9.80. The van der Waals surface area contributed by atoms with Crippen molar-refractivity contribution in [2.75, 3.05) is 6.54 Å². The molecule has 1 aliphatic carbocycles. The summed E-state index contributed by atoms with van der Waals surface area (Å²) in [7, 11) is 0. The van der Waals surface area contributed by atoms with E-state index < -0.39 is 6.04 Å². The maximum Gasteiger partial charge on any atom is 0.250 e. The lowest BCUT2D eigenvalue weighted by molar-refractivity contribution is -0.145. The standard InChI is InChI=1S/C13H14N2O3/c16-10-4-2-1-3-9(10)12-13(18)15(8-5-6-8)7-11(17)14-12/h1-4,8,12,16H,5-7H2,(H,14,17). The Morgan fingerprint density at radius 3 is 2.61 bits per heavy atom. The summed E-state index contributed by atoms with van der Waals surface area (Å²) in [5.74, 6) is -0.262. The molecule has 0 aromatic heterocycles. The fraction of sp³-hybridized carbons (Fsp3) is 0.385. The van der Waals surface area contributed by atoms with Gasteiger partial charge in [-0.1, -0.05) is 18.2 Å². The van der Waals surface area contributed by atoms with E-state index in [4.69, 9.17) is 0 Å². The van der Waals surface area contributed by atoms with E-state index in [1.807, 2.05) is 0 Å². The maximum atomic E-state index is 12.3. The molecule has 2 N–H and O–H groups in total. The van der Waals surface area contributed by atoms with Gasteiger partial charge in [0.2, 0.25) is 5.91 Å². The summed E-state index contributed by atoms with van der Waals surface area (Å²) in [5.41, 5.74) is 0.459. The molecule has 18 heavy (non-hydrogen) atoms. The molecular formula is C13H14N2O3. The van der Waals surface area contributed by atoms with E-state index in [0.29, 0.717) is 5.56 Å². The van der Waals surface area contributed by atoms with Crippen molar-refractivity contribution in [2.45, 2.75) is 24.9 Å². The van der Waals surface area contributed by atoms with Crippen LogP contribution in [0, 0.1) is 0 Å². The summed E-state index contributed by atoms with van der Waals surface area (Å²) in [6, 6.07) is 6.06. The molecule has 0 radical (unpaired) electrons. The second-order valence-electron chi connectivity index (χ2n) is 4.76. The normalized spacial score (nSPS) is 24.0. The van der Waals surface area contributed by atoms with Crippen LogP contribution in [0.3, 0.4) is 0 Å². The van der Waals surface area contributed by atoms with Gasteiger partial charge in [0, 0.05) is 11.6 Å². The molecule has 1 saturated carbocycles. The second-order valence-corrected chi connectivity index (χ2v) is 4.76. The maximum absolute atomic E-state index is 12.3. The van der Waals surface area contributed by atoms with Gasteiger partial charge in [0.05, 0.1) is 6.54 Å². The minimum absolute atomic E-state index is 0.0359. The number of piperazine rings is 1. The van der Waals surface area contributed by atoms with Crippen molar-refractivity contribution in [2.24, 2.45) is 0 Å². The predicted molar refractivity (Wildman–Crippen MR) is 63.7 cm³/mol. The molecule has 5 nitrogen and oxygen atoms in total. The van der Waals surface area contributed by atoms with E-state index in [9.17, 15) is 14.7 Å². The molecule has 2 amide bonds. The van der Waals surface area contributed by atoms with Gasteiger partial charge in [0.1, 0.15) is 11.8 Å². The zero-order chi connectivity index (χ0) is 12.7. The molecular weight excluding hydrogens is 232 g/mol. The Bertz CT molecular complexity index is 511. The van der Waals surface area contributed by atoms with Crippen molar-refractivity contribution in [1.82, 2.24) is 10.2 Å². The third kappa shape index (κ3) is 1.81. The lowest BCUT2D eigenvalue weighted by atomic mass is 10.0. The van der Waals surface area contributed by atoms with E-state index in [2.05, 4.69) is 5.32 Å². The van der Waals surface area contributed by atoms with Crippen molar-refractivity contribution in [1.29, 1.82) is 0 Å². The van der Waals surface area contributed by atoms with Crippen LogP contribution in [0.15, 0.2) is 24.3 Å². The quantitative estimate of drug-likeness (QED) is 0.800. The summed E-state index contributed by atoms with van der Waals surface area (Å²) in [6.45, 7) is 0.133. The average Bonchev–Trinajstić information content (AvgIpc) is 3.17. The van der Waals surface area contributed by atoms with E-state index in [0.717, 1.165) is 12.8 Å². The molecule has 1 aromatic carbocycles. The van der Waals surface area contributed by atoms with E-state index >= 15 is 0 Å². The van der Waals surface area contributed by atoms with Gasteiger partial charge >= 0.3 is 0 Å². The molecule has 1 saturated heterocycles. The highest BCUT2D eigenvalue weighted by Gasteiger charge is 2.41. The summed E-state index contributed by atoms with van der Waals surface area (Å²) in [5, 5.41) is 12.4. The molecule has 1 aliphatic heterocycles. The molecule has 1 atom stereocenters. The Kier molecular flexibility index (Phi) is 2.47. The van der Waals surface area contributed by atoms with Gasteiger partial charge in [-0.2, -0.15) is 0 Å². The Hall–Kier alpha value is -2.04. The number of hydrogen-bond donors (Lipinski definition) is 2. The third-order valence-corrected chi connectivity index (χ3v) is 3.38. The number of carbonyl (C=O) groups is 2. The fourth-order valence-corrected chi connectivity index (χ4v) is 2.30. The number of rotatable bonds is 2. The number of nitrogens with one attached hydrogen (secondary N) is 1. The van der Waals surface area contributed by atoms with Gasteiger partial charge in [0.25, 0.3) is 5.91 Å². The second kappa shape index (κ2) is 4.01. The Morgan fingerprint density at radius 2 is 1.94 bits per heavy atom. The van der Waals surface area contributed by atoms with Gasteiger partial charge in [-0.25, -0.2) is 0 Å². The first-order chi connectivity index (χ1) is 8.66. The number of nitrogens with zero attached hydrogens (tertiary/aromatic N) is 1. The smallest absolute Gasteiger partial charge is 0.250 e. The number of aromatic hydroxyl groups is 1. The van der Waals surface area contributed by atoms with Crippen LogP contribution < -0.4 is 5.32 Å². The Balaban J connectivity index is 1.93. The minimum atomic E-state index is -0.756. The van der Waals surface area contributed by atoms with Crippen LogP contribution >= 0.6 is 0 Å². The largest absolute Gasteiger partial charge is 0.508 e. The molecule has 1 heterocycles. The van der Waals surface area contributed by atoms with Crippen molar-refractivity contribution >= 4 is 11.8 Å². The van der Waals surface area contributed by atoms with E-state index in [-0.39, 0.29) is 30.2 Å². The first-order valence-corrected chi connectivity index (χ1v) is 6.04. The van der Waals surface area contributed by atoms with Crippen molar-refractivity contribution in [3.63, 3.8) is 0 Å². The molecule has 0 spiro atoms. The molecule has 5 heteroatoms. The summed E-state index contributed by atoms with van der Waals surface area (Å²) >= 11 is 0. The zero-order valence-electron chi connectivity index (χ0n) is 9.80.